The van der Waals surface area contributed by atoms with Gasteiger partial charge < -0.3 is 9.80 Å². The molecule has 0 spiro atoms. The van der Waals surface area contributed by atoms with Crippen LogP contribution in [0.1, 0.15) is 42.4 Å². The van der Waals surface area contributed by atoms with Crippen LogP contribution in [0.4, 0.5) is 5.13 Å². The molecule has 1 aliphatic rings. The second-order valence-electron chi connectivity index (χ2n) is 8.36. The van der Waals surface area contributed by atoms with Crippen molar-refractivity contribution in [3.05, 3.63) is 46.4 Å². The molecule has 1 aliphatic heterocycles. The Labute approximate surface area is 195 Å². The SMILES string of the molecule is Cc1csc(N2CCCN(C(=O)c3cc(-c4cccs4)nc4c3cnn4C(C)C)CC2)n1. The Balaban J connectivity index is 1.48. The highest BCUT2D eigenvalue weighted by atomic mass is 32.1. The van der Waals surface area contributed by atoms with Crippen molar-refractivity contribution in [1.82, 2.24) is 24.6 Å². The van der Waals surface area contributed by atoms with Gasteiger partial charge in [0.25, 0.3) is 5.91 Å². The predicted octanol–water partition coefficient (Wildman–Crippen LogP) is 4.86. The van der Waals surface area contributed by atoms with E-state index in [1.807, 2.05) is 40.1 Å². The molecule has 0 unspecified atom stereocenters. The first kappa shape index (κ1) is 21.1. The lowest BCUT2D eigenvalue weighted by Gasteiger charge is -2.22. The quantitative estimate of drug-likeness (QED) is 0.430. The van der Waals surface area contributed by atoms with Crippen molar-refractivity contribution in [2.45, 2.75) is 33.2 Å². The number of aromatic nitrogens is 4. The van der Waals surface area contributed by atoms with Crippen molar-refractivity contribution in [3.63, 3.8) is 0 Å². The molecule has 0 bridgehead atoms. The molecule has 4 aromatic rings. The first-order valence-electron chi connectivity index (χ1n) is 10.9. The molecule has 0 N–H and O–H groups in total. The molecule has 9 heteroatoms. The van der Waals surface area contributed by atoms with Crippen LogP contribution in [-0.4, -0.2) is 56.7 Å². The van der Waals surface area contributed by atoms with Gasteiger partial charge in [-0.25, -0.2) is 14.6 Å². The number of nitrogens with zero attached hydrogens (tertiary/aromatic N) is 6. The summed E-state index contributed by atoms with van der Waals surface area (Å²) in [5.41, 5.74) is 3.32. The molecule has 0 aromatic carbocycles. The molecule has 0 atom stereocenters. The van der Waals surface area contributed by atoms with Crippen LogP contribution in [0.3, 0.4) is 0 Å². The average molecular weight is 467 g/mol. The zero-order valence-electron chi connectivity index (χ0n) is 18.5. The van der Waals surface area contributed by atoms with Crippen LogP contribution >= 0.6 is 22.7 Å². The fourth-order valence-corrected chi connectivity index (χ4v) is 5.64. The first-order chi connectivity index (χ1) is 15.5. The van der Waals surface area contributed by atoms with Crippen LogP contribution < -0.4 is 4.90 Å². The number of anilines is 1. The molecule has 5 rings (SSSR count). The summed E-state index contributed by atoms with van der Waals surface area (Å²) >= 11 is 3.30. The lowest BCUT2D eigenvalue weighted by Crippen LogP contribution is -2.35. The monoisotopic (exact) mass is 466 g/mol. The molecular formula is C23H26N6OS2. The minimum Gasteiger partial charge on any atom is -0.346 e. The summed E-state index contributed by atoms with van der Waals surface area (Å²) in [6, 6.07) is 6.16. The summed E-state index contributed by atoms with van der Waals surface area (Å²) in [4.78, 5) is 28.6. The highest BCUT2D eigenvalue weighted by Crippen LogP contribution is 2.30. The van der Waals surface area contributed by atoms with E-state index in [9.17, 15) is 4.79 Å². The second kappa shape index (κ2) is 8.63. The zero-order chi connectivity index (χ0) is 22.2. The van der Waals surface area contributed by atoms with Gasteiger partial charge in [-0.2, -0.15) is 5.10 Å². The number of carbonyl (C=O) groups is 1. The maximum atomic E-state index is 13.7. The van der Waals surface area contributed by atoms with Gasteiger partial charge in [0.15, 0.2) is 10.8 Å². The van der Waals surface area contributed by atoms with E-state index in [-0.39, 0.29) is 11.9 Å². The number of pyridine rings is 1. The summed E-state index contributed by atoms with van der Waals surface area (Å²) in [5, 5.41) is 10.5. The molecule has 7 nitrogen and oxygen atoms in total. The summed E-state index contributed by atoms with van der Waals surface area (Å²) in [6.45, 7) is 9.29. The van der Waals surface area contributed by atoms with Crippen molar-refractivity contribution in [2.24, 2.45) is 0 Å². The van der Waals surface area contributed by atoms with E-state index < -0.39 is 0 Å². The van der Waals surface area contributed by atoms with Crippen molar-refractivity contribution in [3.8, 4) is 10.6 Å². The molecule has 32 heavy (non-hydrogen) atoms. The van der Waals surface area contributed by atoms with Crippen LogP contribution in [0.2, 0.25) is 0 Å². The van der Waals surface area contributed by atoms with Crippen LogP contribution in [0, 0.1) is 6.92 Å². The minimum absolute atomic E-state index is 0.0516. The van der Waals surface area contributed by atoms with E-state index in [1.165, 1.54) is 0 Å². The predicted molar refractivity (Wildman–Crippen MR) is 131 cm³/mol. The maximum Gasteiger partial charge on any atom is 0.254 e. The normalized spacial score (nSPS) is 15.0. The number of aryl methyl sites for hydroxylation is 1. The number of carbonyl (C=O) groups excluding carboxylic acids is 1. The van der Waals surface area contributed by atoms with E-state index in [4.69, 9.17) is 4.98 Å². The first-order valence-corrected chi connectivity index (χ1v) is 12.7. The smallest absolute Gasteiger partial charge is 0.254 e. The Hall–Kier alpha value is -2.78. The van der Waals surface area contributed by atoms with E-state index in [0.29, 0.717) is 12.1 Å². The Morgan fingerprint density at radius 1 is 1.12 bits per heavy atom. The van der Waals surface area contributed by atoms with Crippen molar-refractivity contribution >= 4 is 44.7 Å². The van der Waals surface area contributed by atoms with Gasteiger partial charge in [0.1, 0.15) is 0 Å². The molecule has 0 saturated carbocycles. The summed E-state index contributed by atoms with van der Waals surface area (Å²) < 4.78 is 1.90. The largest absolute Gasteiger partial charge is 0.346 e. The van der Waals surface area contributed by atoms with Crippen LogP contribution in [-0.2, 0) is 0 Å². The Morgan fingerprint density at radius 3 is 2.72 bits per heavy atom. The fourth-order valence-electron chi connectivity index (χ4n) is 4.09. The van der Waals surface area contributed by atoms with Crippen molar-refractivity contribution < 1.29 is 4.79 Å². The summed E-state index contributed by atoms with van der Waals surface area (Å²) in [6.07, 6.45) is 2.71. The number of amides is 1. The third kappa shape index (κ3) is 3.91. The lowest BCUT2D eigenvalue weighted by atomic mass is 10.1. The molecule has 0 aliphatic carbocycles. The fraction of sp³-hybridized carbons (Fsp3) is 0.391. The van der Waals surface area contributed by atoms with Crippen molar-refractivity contribution in [2.75, 3.05) is 31.1 Å². The number of thiophene rings is 1. The van der Waals surface area contributed by atoms with Gasteiger partial charge in [-0.05, 0) is 44.7 Å². The third-order valence-electron chi connectivity index (χ3n) is 5.72. The molecule has 4 aromatic heterocycles. The Bertz CT molecular complexity index is 1240. The number of hydrogen-bond donors (Lipinski definition) is 0. The molecule has 5 heterocycles. The number of rotatable bonds is 4. The van der Waals surface area contributed by atoms with Gasteiger partial charge in [0.05, 0.1) is 33.4 Å². The maximum absolute atomic E-state index is 13.7. The zero-order valence-corrected chi connectivity index (χ0v) is 20.1. The Kier molecular flexibility index (Phi) is 5.69. The van der Waals surface area contributed by atoms with Crippen LogP contribution in [0.25, 0.3) is 21.6 Å². The van der Waals surface area contributed by atoms with Gasteiger partial charge in [0, 0.05) is 37.6 Å². The van der Waals surface area contributed by atoms with E-state index >= 15 is 0 Å². The van der Waals surface area contributed by atoms with E-state index in [2.05, 4.69) is 34.2 Å². The van der Waals surface area contributed by atoms with E-state index in [0.717, 1.165) is 58.5 Å². The topological polar surface area (TPSA) is 67.2 Å². The third-order valence-corrected chi connectivity index (χ3v) is 7.63. The molecule has 0 radical (unpaired) electrons. The van der Waals surface area contributed by atoms with E-state index in [1.54, 1.807) is 28.9 Å². The molecule has 166 valence electrons. The van der Waals surface area contributed by atoms with Gasteiger partial charge in [-0.3, -0.25) is 4.79 Å². The van der Waals surface area contributed by atoms with Gasteiger partial charge in [-0.1, -0.05) is 6.07 Å². The average Bonchev–Trinajstić information content (AvgIpc) is 3.51. The van der Waals surface area contributed by atoms with Crippen molar-refractivity contribution in [1.29, 1.82) is 0 Å². The number of hydrogen-bond acceptors (Lipinski definition) is 7. The summed E-state index contributed by atoms with van der Waals surface area (Å²) in [5.74, 6) is 0.0516. The number of fused-ring (bicyclic) bond motifs is 1. The molecule has 1 saturated heterocycles. The second-order valence-corrected chi connectivity index (χ2v) is 10.1. The highest BCUT2D eigenvalue weighted by molar-refractivity contribution is 7.14. The minimum atomic E-state index is 0.0516. The number of thiazole rings is 1. The van der Waals surface area contributed by atoms with Crippen LogP contribution in [0.5, 0.6) is 0 Å². The molecule has 1 amide bonds. The Morgan fingerprint density at radius 2 is 2.00 bits per heavy atom. The molecule has 1 fully saturated rings. The van der Waals surface area contributed by atoms with Gasteiger partial charge in [-0.15, -0.1) is 22.7 Å². The van der Waals surface area contributed by atoms with Gasteiger partial charge in [0.2, 0.25) is 0 Å². The standard InChI is InChI=1S/C23H26N6OS2/c1-15(2)29-21-18(13-24-29)17(12-19(26-21)20-6-4-11-31-20)22(30)27-7-5-8-28(10-9-27)23-25-16(3)14-32-23/h4,6,11-15H,5,7-10H2,1-3H3. The molecular weight excluding hydrogens is 440 g/mol. The summed E-state index contributed by atoms with van der Waals surface area (Å²) in [7, 11) is 0. The van der Waals surface area contributed by atoms with Gasteiger partial charge >= 0.3 is 0 Å². The highest BCUT2D eigenvalue weighted by Gasteiger charge is 2.25. The van der Waals surface area contributed by atoms with Crippen LogP contribution in [0.15, 0.2) is 35.2 Å². The lowest BCUT2D eigenvalue weighted by molar-refractivity contribution is 0.0769.